The lowest BCUT2D eigenvalue weighted by Crippen LogP contribution is -2.11. The number of nitrogens with zero attached hydrogens (tertiary/aromatic N) is 5. The summed E-state index contributed by atoms with van der Waals surface area (Å²) in [7, 11) is 0. The second-order valence-electron chi connectivity index (χ2n) is 7.53. The summed E-state index contributed by atoms with van der Waals surface area (Å²) in [5.41, 5.74) is 4.55. The SMILES string of the molecule is Cc1ncn2c1Cn1nc(CC3CCCCC3)nc1-c1cc(I)ccc1-2.Cl. The number of fused-ring (bicyclic) bond motifs is 5. The van der Waals surface area contributed by atoms with Crippen LogP contribution in [0.4, 0.5) is 0 Å². The van der Waals surface area contributed by atoms with Crippen LogP contribution in [0.5, 0.6) is 0 Å². The van der Waals surface area contributed by atoms with Gasteiger partial charge in [-0.15, -0.1) is 12.4 Å². The highest BCUT2D eigenvalue weighted by molar-refractivity contribution is 14.1. The zero-order valence-electron chi connectivity index (χ0n) is 15.4. The number of rotatable bonds is 2. The maximum atomic E-state index is 4.99. The Balaban J connectivity index is 0.00000180. The van der Waals surface area contributed by atoms with E-state index in [-0.39, 0.29) is 12.4 Å². The number of aryl methyl sites for hydroxylation is 1. The second-order valence-corrected chi connectivity index (χ2v) is 8.77. The van der Waals surface area contributed by atoms with E-state index in [0.29, 0.717) is 0 Å². The Kier molecular flexibility index (Phi) is 5.29. The Morgan fingerprint density at radius 1 is 1.19 bits per heavy atom. The van der Waals surface area contributed by atoms with Crippen molar-refractivity contribution in [2.24, 2.45) is 5.92 Å². The van der Waals surface area contributed by atoms with Crippen molar-refractivity contribution in [1.82, 2.24) is 24.3 Å². The third kappa shape index (κ3) is 3.42. The molecule has 0 amide bonds. The van der Waals surface area contributed by atoms with Crippen molar-refractivity contribution in [1.29, 1.82) is 0 Å². The van der Waals surface area contributed by atoms with Crippen LogP contribution in [0.1, 0.15) is 49.3 Å². The fourth-order valence-electron chi connectivity index (χ4n) is 4.33. The van der Waals surface area contributed by atoms with Crippen molar-refractivity contribution >= 4 is 35.0 Å². The highest BCUT2D eigenvalue weighted by Crippen LogP contribution is 2.33. The van der Waals surface area contributed by atoms with Gasteiger partial charge in [-0.2, -0.15) is 5.10 Å². The van der Waals surface area contributed by atoms with Crippen molar-refractivity contribution < 1.29 is 0 Å². The van der Waals surface area contributed by atoms with Crippen LogP contribution in [-0.2, 0) is 13.0 Å². The van der Waals surface area contributed by atoms with Crippen molar-refractivity contribution in [3.8, 4) is 17.1 Å². The molecule has 1 aliphatic carbocycles. The molecule has 0 radical (unpaired) electrons. The standard InChI is InChI=1S/C20H22IN5.ClH/c1-13-18-11-26-20(23-19(24-26)9-14-5-3-2-4-6-14)16-10-15(21)7-8-17(16)25(18)12-22-13;/h7-8,10,12,14H,2-6,9,11H2,1H3;1H. The zero-order valence-corrected chi connectivity index (χ0v) is 18.3. The molecule has 5 rings (SSSR count). The molecule has 2 aliphatic rings. The van der Waals surface area contributed by atoms with E-state index in [1.165, 1.54) is 41.4 Å². The first-order valence-corrected chi connectivity index (χ1v) is 10.5. The van der Waals surface area contributed by atoms with Crippen molar-refractivity contribution in [2.75, 3.05) is 0 Å². The summed E-state index contributed by atoms with van der Waals surface area (Å²) in [5.74, 6) is 2.74. The Labute approximate surface area is 179 Å². The first-order chi connectivity index (χ1) is 12.7. The lowest BCUT2D eigenvalue weighted by Gasteiger charge is -2.19. The Bertz CT molecular complexity index is 971. The van der Waals surface area contributed by atoms with Gasteiger partial charge in [0.1, 0.15) is 0 Å². The van der Waals surface area contributed by atoms with Gasteiger partial charge in [-0.05, 0) is 53.6 Å². The quantitative estimate of drug-likeness (QED) is 0.370. The molecule has 0 N–H and O–H groups in total. The van der Waals surface area contributed by atoms with Crippen LogP contribution in [0.25, 0.3) is 17.1 Å². The third-order valence-electron chi connectivity index (χ3n) is 5.75. The van der Waals surface area contributed by atoms with Crippen LogP contribution in [-0.4, -0.2) is 24.3 Å². The fraction of sp³-hybridized carbons (Fsp3) is 0.450. The monoisotopic (exact) mass is 495 g/mol. The van der Waals surface area contributed by atoms with Crippen molar-refractivity contribution in [2.45, 2.75) is 52.0 Å². The summed E-state index contributed by atoms with van der Waals surface area (Å²) in [4.78, 5) is 9.53. The lowest BCUT2D eigenvalue weighted by molar-refractivity contribution is 0.351. The molecule has 1 aromatic carbocycles. The number of benzene rings is 1. The molecule has 27 heavy (non-hydrogen) atoms. The van der Waals surface area contributed by atoms with E-state index in [9.17, 15) is 0 Å². The minimum Gasteiger partial charge on any atom is -0.300 e. The predicted octanol–water partition coefficient (Wildman–Crippen LogP) is 4.95. The van der Waals surface area contributed by atoms with E-state index in [1.54, 1.807) is 0 Å². The van der Waals surface area contributed by atoms with E-state index in [0.717, 1.165) is 47.5 Å². The molecule has 2 aromatic heterocycles. The van der Waals surface area contributed by atoms with E-state index < -0.39 is 0 Å². The average Bonchev–Trinajstić information content (AvgIpc) is 3.17. The molecule has 7 heteroatoms. The predicted molar refractivity (Wildman–Crippen MR) is 117 cm³/mol. The molecule has 3 aromatic rings. The summed E-state index contributed by atoms with van der Waals surface area (Å²) in [5, 5.41) is 4.91. The average molecular weight is 496 g/mol. The normalized spacial score (nSPS) is 16.1. The van der Waals surface area contributed by atoms with Crippen molar-refractivity contribution in [3.05, 3.63) is 45.3 Å². The molecule has 0 unspecified atom stereocenters. The molecule has 0 atom stereocenters. The van der Waals surface area contributed by atoms with Crippen molar-refractivity contribution in [3.63, 3.8) is 0 Å². The highest BCUT2D eigenvalue weighted by Gasteiger charge is 2.25. The number of hydrogen-bond donors (Lipinski definition) is 0. The molecule has 3 heterocycles. The maximum Gasteiger partial charge on any atom is 0.160 e. The molecular weight excluding hydrogens is 473 g/mol. The lowest BCUT2D eigenvalue weighted by atomic mass is 9.87. The Morgan fingerprint density at radius 2 is 2.00 bits per heavy atom. The zero-order chi connectivity index (χ0) is 17.7. The highest BCUT2D eigenvalue weighted by atomic mass is 127. The molecule has 1 fully saturated rings. The van der Waals surface area contributed by atoms with Gasteiger partial charge in [0.05, 0.1) is 29.9 Å². The molecule has 1 aliphatic heterocycles. The van der Waals surface area contributed by atoms with Gasteiger partial charge in [-0.25, -0.2) is 14.6 Å². The molecule has 5 nitrogen and oxygen atoms in total. The summed E-state index contributed by atoms with van der Waals surface area (Å²) in [6.45, 7) is 2.80. The fourth-order valence-corrected chi connectivity index (χ4v) is 4.83. The van der Waals surface area contributed by atoms with Gasteiger partial charge in [0.2, 0.25) is 0 Å². The van der Waals surface area contributed by atoms with E-state index >= 15 is 0 Å². The minimum atomic E-state index is 0. The summed E-state index contributed by atoms with van der Waals surface area (Å²) >= 11 is 2.37. The van der Waals surface area contributed by atoms with Gasteiger partial charge in [0.15, 0.2) is 11.6 Å². The number of halogens is 2. The van der Waals surface area contributed by atoms with Gasteiger partial charge >= 0.3 is 0 Å². The van der Waals surface area contributed by atoms with Crippen LogP contribution in [0.3, 0.4) is 0 Å². The van der Waals surface area contributed by atoms with E-state index in [2.05, 4.69) is 61.9 Å². The minimum absolute atomic E-state index is 0. The molecular formula is C20H23ClIN5. The van der Waals surface area contributed by atoms with Gasteiger partial charge in [-0.1, -0.05) is 32.1 Å². The van der Waals surface area contributed by atoms with Gasteiger partial charge < -0.3 is 4.57 Å². The van der Waals surface area contributed by atoms with Crippen LogP contribution >= 0.6 is 35.0 Å². The van der Waals surface area contributed by atoms with Gasteiger partial charge in [0.25, 0.3) is 0 Å². The van der Waals surface area contributed by atoms with Gasteiger partial charge in [0, 0.05) is 15.6 Å². The Morgan fingerprint density at radius 3 is 2.81 bits per heavy atom. The van der Waals surface area contributed by atoms with Crippen LogP contribution in [0.2, 0.25) is 0 Å². The second kappa shape index (κ2) is 7.54. The largest absolute Gasteiger partial charge is 0.300 e. The van der Waals surface area contributed by atoms with Gasteiger partial charge in [-0.3, -0.25) is 0 Å². The smallest absolute Gasteiger partial charge is 0.160 e. The van der Waals surface area contributed by atoms with Crippen LogP contribution < -0.4 is 0 Å². The van der Waals surface area contributed by atoms with Crippen LogP contribution in [0.15, 0.2) is 24.5 Å². The maximum absolute atomic E-state index is 4.99. The summed E-state index contributed by atoms with van der Waals surface area (Å²) in [6.07, 6.45) is 9.69. The van der Waals surface area contributed by atoms with E-state index in [4.69, 9.17) is 10.1 Å². The molecule has 0 saturated heterocycles. The number of imidazole rings is 1. The van der Waals surface area contributed by atoms with Crippen LogP contribution in [0, 0.1) is 16.4 Å². The Hall–Kier alpha value is -1.41. The summed E-state index contributed by atoms with van der Waals surface area (Å²) in [6, 6.07) is 6.53. The summed E-state index contributed by atoms with van der Waals surface area (Å²) < 4.78 is 5.49. The number of hydrogen-bond acceptors (Lipinski definition) is 3. The molecule has 1 saturated carbocycles. The first kappa shape index (κ1) is 18.9. The number of aromatic nitrogens is 5. The first-order valence-electron chi connectivity index (χ1n) is 9.46. The molecule has 142 valence electrons. The molecule has 0 bridgehead atoms. The third-order valence-corrected chi connectivity index (χ3v) is 6.42. The topological polar surface area (TPSA) is 48.5 Å². The van der Waals surface area contributed by atoms with E-state index in [1.807, 2.05) is 6.33 Å². The molecule has 0 spiro atoms.